The van der Waals surface area contributed by atoms with Gasteiger partial charge in [0, 0.05) is 0 Å². The summed E-state index contributed by atoms with van der Waals surface area (Å²) in [5.41, 5.74) is 0.146. The van der Waals surface area contributed by atoms with E-state index >= 15 is 0 Å². The van der Waals surface area contributed by atoms with Crippen LogP contribution in [0.3, 0.4) is 0 Å². The largest absolute Gasteiger partial charge is 0.466 e. The highest BCUT2D eigenvalue weighted by molar-refractivity contribution is 5.74. The van der Waals surface area contributed by atoms with Gasteiger partial charge in [-0.2, -0.15) is 0 Å². The number of rotatable bonds is 4. The summed E-state index contributed by atoms with van der Waals surface area (Å²) in [6.07, 6.45) is 4.38. The van der Waals surface area contributed by atoms with E-state index in [2.05, 4.69) is 37.7 Å². The number of ether oxygens (including phenoxy) is 1. The maximum Gasteiger partial charge on any atom is 0.310 e. The number of hydrogen-bond acceptors (Lipinski definition) is 4. The predicted molar refractivity (Wildman–Crippen MR) is 89.8 cm³/mol. The van der Waals surface area contributed by atoms with E-state index in [0.29, 0.717) is 6.61 Å². The fourth-order valence-electron chi connectivity index (χ4n) is 4.47. The molecule has 2 saturated heterocycles. The fourth-order valence-corrected chi connectivity index (χ4v) is 4.47. The standard InChI is InChI=1S/C18H34N2O2/c1-6-22-16(21)15(17(2)7-11-19(4)12-8-17)18(3)9-13-20(5)14-10-18/h15H,6-14H2,1-5H3. The normalized spacial score (nSPS) is 26.1. The highest BCUT2D eigenvalue weighted by Crippen LogP contribution is 2.51. The molecule has 2 heterocycles. The van der Waals surface area contributed by atoms with E-state index in [0.717, 1.165) is 51.9 Å². The molecule has 2 aliphatic rings. The first-order chi connectivity index (χ1) is 10.3. The van der Waals surface area contributed by atoms with Gasteiger partial charge >= 0.3 is 5.97 Å². The second kappa shape index (κ2) is 6.88. The number of esters is 1. The first-order valence-electron chi connectivity index (χ1n) is 8.84. The Bertz CT molecular complexity index is 353. The Labute approximate surface area is 136 Å². The summed E-state index contributed by atoms with van der Waals surface area (Å²) < 4.78 is 5.53. The van der Waals surface area contributed by atoms with Gasteiger partial charge in [0.25, 0.3) is 0 Å². The molecule has 4 nitrogen and oxygen atoms in total. The van der Waals surface area contributed by atoms with Crippen LogP contribution in [0.5, 0.6) is 0 Å². The molecule has 0 unspecified atom stereocenters. The molecular formula is C18H34N2O2. The summed E-state index contributed by atoms with van der Waals surface area (Å²) in [4.78, 5) is 17.6. The zero-order valence-corrected chi connectivity index (χ0v) is 15.2. The molecule has 4 heteroatoms. The minimum Gasteiger partial charge on any atom is -0.466 e. The smallest absolute Gasteiger partial charge is 0.310 e. The van der Waals surface area contributed by atoms with Crippen LogP contribution >= 0.6 is 0 Å². The topological polar surface area (TPSA) is 32.8 Å². The summed E-state index contributed by atoms with van der Waals surface area (Å²) in [5.74, 6) is 0.0731. The number of hydrogen-bond donors (Lipinski definition) is 0. The third-order valence-corrected chi connectivity index (χ3v) is 6.17. The molecule has 0 aromatic rings. The van der Waals surface area contributed by atoms with Crippen molar-refractivity contribution in [1.29, 1.82) is 0 Å². The van der Waals surface area contributed by atoms with Gasteiger partial charge in [-0.05, 0) is 83.7 Å². The molecular weight excluding hydrogens is 276 g/mol. The van der Waals surface area contributed by atoms with Gasteiger partial charge in [0.15, 0.2) is 0 Å². The van der Waals surface area contributed by atoms with Crippen LogP contribution in [0.15, 0.2) is 0 Å². The van der Waals surface area contributed by atoms with Crippen molar-refractivity contribution in [2.45, 2.75) is 46.5 Å². The van der Waals surface area contributed by atoms with Gasteiger partial charge in [0.2, 0.25) is 0 Å². The van der Waals surface area contributed by atoms with Crippen molar-refractivity contribution in [2.75, 3.05) is 46.9 Å². The van der Waals surface area contributed by atoms with Crippen LogP contribution in [0.25, 0.3) is 0 Å². The fraction of sp³-hybridized carbons (Fsp3) is 0.944. The molecule has 0 spiro atoms. The van der Waals surface area contributed by atoms with Crippen molar-refractivity contribution in [1.82, 2.24) is 9.80 Å². The van der Waals surface area contributed by atoms with E-state index in [9.17, 15) is 4.79 Å². The van der Waals surface area contributed by atoms with E-state index in [-0.39, 0.29) is 22.7 Å². The minimum absolute atomic E-state index is 0.0300. The van der Waals surface area contributed by atoms with Crippen LogP contribution in [0.2, 0.25) is 0 Å². The number of carbonyl (C=O) groups is 1. The summed E-state index contributed by atoms with van der Waals surface area (Å²) in [6.45, 7) is 11.4. The lowest BCUT2D eigenvalue weighted by atomic mass is 9.57. The monoisotopic (exact) mass is 310 g/mol. The zero-order chi connectivity index (χ0) is 16.4. The van der Waals surface area contributed by atoms with Gasteiger partial charge in [-0.15, -0.1) is 0 Å². The van der Waals surface area contributed by atoms with Crippen LogP contribution in [0.4, 0.5) is 0 Å². The first kappa shape index (κ1) is 17.7. The second-order valence-electron chi connectivity index (χ2n) is 8.10. The third-order valence-electron chi connectivity index (χ3n) is 6.17. The maximum atomic E-state index is 12.9. The quantitative estimate of drug-likeness (QED) is 0.747. The van der Waals surface area contributed by atoms with Crippen LogP contribution in [0, 0.1) is 16.7 Å². The van der Waals surface area contributed by atoms with Crippen molar-refractivity contribution in [2.24, 2.45) is 16.7 Å². The number of likely N-dealkylation sites (tertiary alicyclic amines) is 2. The van der Waals surface area contributed by atoms with Gasteiger partial charge in [-0.1, -0.05) is 13.8 Å². The van der Waals surface area contributed by atoms with E-state index in [1.165, 1.54) is 0 Å². The molecule has 0 amide bonds. The number of nitrogens with zero attached hydrogens (tertiary/aromatic N) is 2. The van der Waals surface area contributed by atoms with Gasteiger partial charge < -0.3 is 14.5 Å². The van der Waals surface area contributed by atoms with Crippen molar-refractivity contribution >= 4 is 5.97 Å². The molecule has 0 bridgehead atoms. The molecule has 128 valence electrons. The van der Waals surface area contributed by atoms with Crippen molar-refractivity contribution in [3.63, 3.8) is 0 Å². The lowest BCUT2D eigenvalue weighted by molar-refractivity contribution is -0.164. The van der Waals surface area contributed by atoms with Gasteiger partial charge in [0.1, 0.15) is 0 Å². The predicted octanol–water partition coefficient (Wildman–Crippen LogP) is 2.63. The number of piperidine rings is 2. The van der Waals surface area contributed by atoms with Crippen molar-refractivity contribution in [3.8, 4) is 0 Å². The van der Waals surface area contributed by atoms with E-state index < -0.39 is 0 Å². The molecule has 2 aliphatic heterocycles. The Balaban J connectivity index is 2.24. The maximum absolute atomic E-state index is 12.9. The molecule has 2 fully saturated rings. The van der Waals surface area contributed by atoms with Gasteiger partial charge in [0.05, 0.1) is 12.5 Å². The van der Waals surface area contributed by atoms with Crippen LogP contribution in [-0.2, 0) is 9.53 Å². The second-order valence-corrected chi connectivity index (χ2v) is 8.10. The molecule has 0 radical (unpaired) electrons. The molecule has 2 rings (SSSR count). The third kappa shape index (κ3) is 3.65. The Morgan fingerprint density at radius 2 is 1.32 bits per heavy atom. The molecule has 22 heavy (non-hydrogen) atoms. The Morgan fingerprint density at radius 1 is 0.955 bits per heavy atom. The summed E-state index contributed by atoms with van der Waals surface area (Å²) in [5, 5.41) is 0. The molecule has 0 saturated carbocycles. The number of carbonyl (C=O) groups excluding carboxylic acids is 1. The lowest BCUT2D eigenvalue weighted by Crippen LogP contribution is -2.53. The van der Waals surface area contributed by atoms with Crippen molar-refractivity contribution < 1.29 is 9.53 Å². The Kier molecular flexibility index (Phi) is 5.54. The summed E-state index contributed by atoms with van der Waals surface area (Å²) >= 11 is 0. The highest BCUT2D eigenvalue weighted by atomic mass is 16.5. The van der Waals surface area contributed by atoms with E-state index in [1.807, 2.05) is 6.92 Å². The molecule has 0 atom stereocenters. The summed E-state index contributed by atoms with van der Waals surface area (Å²) in [7, 11) is 4.35. The van der Waals surface area contributed by atoms with Crippen LogP contribution in [0.1, 0.15) is 46.5 Å². The lowest BCUT2D eigenvalue weighted by Gasteiger charge is -2.51. The van der Waals surface area contributed by atoms with Crippen LogP contribution in [-0.4, -0.2) is 62.7 Å². The SMILES string of the molecule is CCOC(=O)C(C1(C)CCN(C)CC1)C1(C)CCN(C)CC1. The van der Waals surface area contributed by atoms with E-state index in [1.54, 1.807) is 0 Å². The van der Waals surface area contributed by atoms with Crippen molar-refractivity contribution in [3.05, 3.63) is 0 Å². The first-order valence-corrected chi connectivity index (χ1v) is 8.84. The minimum atomic E-state index is 0.0300. The highest BCUT2D eigenvalue weighted by Gasteiger charge is 2.52. The van der Waals surface area contributed by atoms with Gasteiger partial charge in [-0.3, -0.25) is 4.79 Å². The average molecular weight is 310 g/mol. The summed E-state index contributed by atoms with van der Waals surface area (Å²) in [6, 6.07) is 0. The average Bonchev–Trinajstić information content (AvgIpc) is 2.46. The van der Waals surface area contributed by atoms with Crippen LogP contribution < -0.4 is 0 Å². The van der Waals surface area contributed by atoms with Gasteiger partial charge in [-0.25, -0.2) is 0 Å². The zero-order valence-electron chi connectivity index (χ0n) is 15.2. The molecule has 0 N–H and O–H groups in total. The molecule has 0 aliphatic carbocycles. The molecule has 0 aromatic heterocycles. The Morgan fingerprint density at radius 3 is 1.64 bits per heavy atom. The molecule has 0 aromatic carbocycles. The Hall–Kier alpha value is -0.610. The van der Waals surface area contributed by atoms with E-state index in [4.69, 9.17) is 4.74 Å².